The number of aliphatic hydroxyl groups is 1. The maximum atomic E-state index is 13.9. The Labute approximate surface area is 251 Å². The Bertz CT molecular complexity index is 1410. The molecule has 3 heterocycles. The molecule has 1 aromatic carbocycles. The van der Waals surface area contributed by atoms with Gasteiger partial charge in [-0.05, 0) is 50.7 Å². The van der Waals surface area contributed by atoms with E-state index < -0.39 is 27.9 Å². The van der Waals surface area contributed by atoms with E-state index >= 15 is 0 Å². The van der Waals surface area contributed by atoms with Crippen LogP contribution >= 0.6 is 0 Å². The average Bonchev–Trinajstić information content (AvgIpc) is 3.50. The Morgan fingerprint density at radius 2 is 1.93 bits per heavy atom. The Kier molecular flexibility index (Phi) is 10.3. The zero-order valence-corrected chi connectivity index (χ0v) is 26.3. The molecule has 1 aromatic heterocycles. The van der Waals surface area contributed by atoms with Crippen molar-refractivity contribution in [2.24, 2.45) is 5.92 Å². The Hall–Kier alpha value is -2.52. The molecule has 1 fully saturated rings. The van der Waals surface area contributed by atoms with Gasteiger partial charge in [-0.1, -0.05) is 19.9 Å². The van der Waals surface area contributed by atoms with Gasteiger partial charge in [-0.25, -0.2) is 8.42 Å². The molecule has 2 atom stereocenters. The third-order valence-corrected chi connectivity index (χ3v) is 9.40. The Morgan fingerprint density at radius 1 is 1.21 bits per heavy atom. The number of aromatic nitrogens is 2. The number of rotatable bonds is 11. The summed E-state index contributed by atoms with van der Waals surface area (Å²) >= 11 is 0. The molecule has 240 valence electrons. The van der Waals surface area contributed by atoms with E-state index in [1.54, 1.807) is 4.68 Å². The second kappa shape index (κ2) is 13.2. The van der Waals surface area contributed by atoms with Crippen molar-refractivity contribution in [3.05, 3.63) is 40.6 Å². The van der Waals surface area contributed by atoms with Gasteiger partial charge in [0.05, 0.1) is 30.2 Å². The molecule has 0 aliphatic carbocycles. The first-order valence-corrected chi connectivity index (χ1v) is 16.5. The summed E-state index contributed by atoms with van der Waals surface area (Å²) in [5.74, 6) is -0.292. The normalized spacial score (nSPS) is 19.3. The lowest BCUT2D eigenvalue weighted by Crippen LogP contribution is -2.38. The third kappa shape index (κ3) is 8.35. The minimum absolute atomic E-state index is 0.0255. The molecule has 2 aliphatic rings. The minimum Gasteiger partial charge on any atom is -0.390 e. The number of carbonyl (C=O) groups is 1. The molecule has 2 unspecified atom stereocenters. The van der Waals surface area contributed by atoms with E-state index in [-0.39, 0.29) is 50.0 Å². The average molecular weight is 629 g/mol. The number of fused-ring (bicyclic) bond motifs is 1. The lowest BCUT2D eigenvalue weighted by molar-refractivity contribution is -0.138. The second-order valence-corrected chi connectivity index (χ2v) is 14.3. The van der Waals surface area contributed by atoms with E-state index in [4.69, 9.17) is 5.10 Å². The van der Waals surface area contributed by atoms with Gasteiger partial charge < -0.3 is 15.3 Å². The van der Waals surface area contributed by atoms with Crippen LogP contribution < -0.4 is 5.32 Å². The zero-order chi connectivity index (χ0) is 31.7. The fraction of sp³-hybridized carbons (Fsp3) is 0.655. The van der Waals surface area contributed by atoms with E-state index in [1.165, 1.54) is 16.4 Å². The van der Waals surface area contributed by atoms with Crippen LogP contribution in [0.2, 0.25) is 0 Å². The van der Waals surface area contributed by atoms with Crippen LogP contribution in [0.3, 0.4) is 0 Å². The number of likely N-dealkylation sites (tertiary alicyclic amines) is 1. The topological polar surface area (TPSA) is 111 Å². The predicted octanol–water partition coefficient (Wildman–Crippen LogP) is 2.55. The Morgan fingerprint density at radius 3 is 2.53 bits per heavy atom. The molecule has 0 bridgehead atoms. The van der Waals surface area contributed by atoms with Crippen LogP contribution in [0.5, 0.6) is 0 Å². The number of halogens is 3. The van der Waals surface area contributed by atoms with E-state index in [9.17, 15) is 31.5 Å². The van der Waals surface area contributed by atoms with Crippen LogP contribution in [0, 0.1) is 5.92 Å². The third-order valence-electron chi connectivity index (χ3n) is 8.15. The first-order chi connectivity index (χ1) is 20.0. The molecule has 0 saturated carbocycles. The van der Waals surface area contributed by atoms with Gasteiger partial charge >= 0.3 is 6.18 Å². The molecule has 10 nitrogen and oxygen atoms in total. The monoisotopic (exact) mass is 628 g/mol. The standard InChI is InChI=1S/C29H43F3N6O4S/c1-19(2)12-27(40)33-14-21-13-20(6-7-25(21)29(30,31)32)28-24-18-37(43(5,41)42)11-9-26(24)38(34-28)17-23(39)16-36-10-8-22(15-36)35(3)4/h6-7,13,19,22-23,39H,8-12,14-18H2,1-5H3,(H,33,40). The molecule has 0 radical (unpaired) electrons. The molecule has 2 N–H and O–H groups in total. The van der Waals surface area contributed by atoms with Crippen molar-refractivity contribution < 1.29 is 31.5 Å². The number of sulfonamides is 1. The van der Waals surface area contributed by atoms with Crippen molar-refractivity contribution in [3.8, 4) is 11.3 Å². The minimum atomic E-state index is -4.63. The summed E-state index contributed by atoms with van der Waals surface area (Å²) in [4.78, 5) is 16.6. The van der Waals surface area contributed by atoms with E-state index in [0.29, 0.717) is 35.8 Å². The molecule has 2 aliphatic heterocycles. The maximum Gasteiger partial charge on any atom is 0.416 e. The van der Waals surface area contributed by atoms with E-state index in [2.05, 4.69) is 15.1 Å². The summed E-state index contributed by atoms with van der Waals surface area (Å²) in [7, 11) is 0.540. The van der Waals surface area contributed by atoms with Crippen molar-refractivity contribution in [2.75, 3.05) is 46.5 Å². The fourth-order valence-corrected chi connectivity index (χ4v) is 6.67. The number of benzene rings is 1. The quantitative estimate of drug-likeness (QED) is 0.394. The number of alkyl halides is 3. The largest absolute Gasteiger partial charge is 0.416 e. The van der Waals surface area contributed by atoms with Gasteiger partial charge in [-0.15, -0.1) is 0 Å². The van der Waals surface area contributed by atoms with Gasteiger partial charge in [-0.2, -0.15) is 22.6 Å². The molecule has 4 rings (SSSR count). The van der Waals surface area contributed by atoms with Gasteiger partial charge in [0, 0.05) is 68.4 Å². The maximum absolute atomic E-state index is 13.9. The molecule has 1 saturated heterocycles. The number of nitrogens with one attached hydrogen (secondary N) is 1. The lowest BCUT2D eigenvalue weighted by atomic mass is 9.97. The highest BCUT2D eigenvalue weighted by Crippen LogP contribution is 2.37. The number of nitrogens with zero attached hydrogens (tertiary/aromatic N) is 5. The highest BCUT2D eigenvalue weighted by molar-refractivity contribution is 7.88. The van der Waals surface area contributed by atoms with Crippen molar-refractivity contribution >= 4 is 15.9 Å². The number of amides is 1. The molecule has 43 heavy (non-hydrogen) atoms. The summed E-state index contributed by atoms with van der Waals surface area (Å²) in [5, 5.41) is 18.4. The van der Waals surface area contributed by atoms with Crippen LogP contribution in [-0.2, 0) is 47.0 Å². The van der Waals surface area contributed by atoms with Gasteiger partial charge in [0.2, 0.25) is 15.9 Å². The molecular weight excluding hydrogens is 585 g/mol. The number of carbonyl (C=O) groups excluding carboxylic acids is 1. The number of hydrogen-bond acceptors (Lipinski definition) is 7. The summed E-state index contributed by atoms with van der Waals surface area (Å²) in [5.41, 5.74) is 1.15. The number of likely N-dealkylation sites (N-methyl/N-ethyl adjacent to an activating group) is 1. The fourth-order valence-electron chi connectivity index (χ4n) is 5.89. The van der Waals surface area contributed by atoms with Crippen LogP contribution in [-0.4, -0.2) is 102 Å². The summed E-state index contributed by atoms with van der Waals surface area (Å²) in [6.07, 6.45) is -2.70. The molecule has 2 aromatic rings. The van der Waals surface area contributed by atoms with Crippen molar-refractivity contribution in [1.29, 1.82) is 0 Å². The Balaban J connectivity index is 1.66. The molecule has 0 spiro atoms. The summed E-state index contributed by atoms with van der Waals surface area (Å²) in [6.45, 7) is 5.99. The second-order valence-electron chi connectivity index (χ2n) is 12.4. The molecule has 14 heteroatoms. The zero-order valence-electron chi connectivity index (χ0n) is 25.5. The summed E-state index contributed by atoms with van der Waals surface area (Å²) < 4.78 is 69.6. The van der Waals surface area contributed by atoms with Crippen molar-refractivity contribution in [3.63, 3.8) is 0 Å². The van der Waals surface area contributed by atoms with Crippen LogP contribution in [0.1, 0.15) is 49.1 Å². The van der Waals surface area contributed by atoms with Gasteiger partial charge in [0.1, 0.15) is 0 Å². The van der Waals surface area contributed by atoms with E-state index in [0.717, 1.165) is 37.5 Å². The van der Waals surface area contributed by atoms with E-state index in [1.807, 2.05) is 27.9 Å². The number of β-amino-alcohol motifs (C(OH)–C–C–N with tert-alkyl or cyclic N) is 1. The van der Waals surface area contributed by atoms with Crippen LogP contribution in [0.15, 0.2) is 18.2 Å². The smallest absolute Gasteiger partial charge is 0.390 e. The number of aliphatic hydroxyl groups excluding tert-OH is 1. The van der Waals surface area contributed by atoms with Crippen molar-refractivity contribution in [2.45, 2.75) is 71.1 Å². The predicted molar refractivity (Wildman–Crippen MR) is 157 cm³/mol. The molecule has 1 amide bonds. The highest BCUT2D eigenvalue weighted by atomic mass is 32.2. The first kappa shape index (κ1) is 33.4. The highest BCUT2D eigenvalue weighted by Gasteiger charge is 2.35. The molecular formula is C29H43F3N6O4S. The van der Waals surface area contributed by atoms with Crippen LogP contribution in [0.25, 0.3) is 11.3 Å². The lowest BCUT2D eigenvalue weighted by Gasteiger charge is -2.26. The van der Waals surface area contributed by atoms with Crippen LogP contribution in [0.4, 0.5) is 13.2 Å². The van der Waals surface area contributed by atoms with Gasteiger partial charge in [0.15, 0.2) is 0 Å². The summed E-state index contributed by atoms with van der Waals surface area (Å²) in [6, 6.07) is 4.09. The SMILES string of the molecule is CC(C)CC(=O)NCc1cc(-c2nn(CC(O)CN3CCC(N(C)C)C3)c3c2CN(S(C)(=O)=O)CC3)ccc1C(F)(F)F. The van der Waals surface area contributed by atoms with Gasteiger partial charge in [-0.3, -0.25) is 14.4 Å². The van der Waals surface area contributed by atoms with Gasteiger partial charge in [0.25, 0.3) is 0 Å². The first-order valence-electron chi connectivity index (χ1n) is 14.6. The number of hydrogen-bond donors (Lipinski definition) is 2. The van der Waals surface area contributed by atoms with Crippen molar-refractivity contribution in [1.82, 2.24) is 29.2 Å².